The third kappa shape index (κ3) is 4.08. The fraction of sp³-hybridized carbons (Fsp3) is 0.259. The molecule has 0 bridgehead atoms. The number of nitrogens with zero attached hydrogens (tertiary/aromatic N) is 1. The van der Waals surface area contributed by atoms with E-state index >= 15 is 0 Å². The molecule has 1 aliphatic heterocycles. The van der Waals surface area contributed by atoms with Gasteiger partial charge in [0, 0.05) is 34.7 Å². The number of aliphatic carboxylic acids is 1. The van der Waals surface area contributed by atoms with Crippen LogP contribution in [0.1, 0.15) is 46.6 Å². The molecule has 0 unspecified atom stereocenters. The van der Waals surface area contributed by atoms with Crippen molar-refractivity contribution in [2.24, 2.45) is 0 Å². The molecule has 0 amide bonds. The first-order valence-corrected chi connectivity index (χ1v) is 12.3. The number of carboxylic acids is 1. The third-order valence-corrected chi connectivity index (χ3v) is 7.45. The molecule has 6 nitrogen and oxygen atoms in total. The lowest BCUT2D eigenvalue weighted by Gasteiger charge is -2.17. The number of carboxylic acid groups (broad SMARTS) is 1. The second kappa shape index (κ2) is 8.53. The summed E-state index contributed by atoms with van der Waals surface area (Å²) < 4.78 is 34.1. The average Bonchev–Trinajstić information content (AvgIpc) is 3.52. The molecule has 0 radical (unpaired) electrons. The van der Waals surface area contributed by atoms with Crippen LogP contribution in [0.3, 0.4) is 0 Å². The molecule has 1 N–H and O–H groups in total. The monoisotopic (exact) mass is 491 g/mol. The Morgan fingerprint density at radius 1 is 1.20 bits per heavy atom. The van der Waals surface area contributed by atoms with Crippen molar-refractivity contribution in [1.29, 1.82) is 0 Å². The minimum atomic E-state index is -0.857. The number of carbonyl (C=O) groups is 1. The van der Waals surface area contributed by atoms with E-state index in [2.05, 4.69) is 4.98 Å². The minimum absolute atomic E-state index is 0.0200. The molecule has 4 aromatic rings. The standard InChI is InChI=1S/C27H22FNO5S/c1-14-29-21-11-16(3-9-25(21)35-14)33-22-8-6-20(28)27-19(22)5-7-23(27)34-17-2-4-18-15(10-26(30)31)13-32-24(18)12-17/h2-4,6,8-9,11-12,15,23H,5,7,10,13H2,1H3,(H,30,31)/t15-,23-/m1/s1. The predicted molar refractivity (Wildman–Crippen MR) is 129 cm³/mol. The number of benzene rings is 3. The van der Waals surface area contributed by atoms with Crippen molar-refractivity contribution in [2.75, 3.05) is 6.61 Å². The summed E-state index contributed by atoms with van der Waals surface area (Å²) in [6, 6.07) is 14.3. The highest BCUT2D eigenvalue weighted by Gasteiger charge is 2.32. The van der Waals surface area contributed by atoms with Gasteiger partial charge in [-0.15, -0.1) is 11.3 Å². The number of thiazole rings is 1. The smallest absolute Gasteiger partial charge is 0.304 e. The van der Waals surface area contributed by atoms with Crippen LogP contribution in [0.4, 0.5) is 4.39 Å². The lowest BCUT2D eigenvalue weighted by Crippen LogP contribution is -2.07. The van der Waals surface area contributed by atoms with Gasteiger partial charge in [-0.05, 0) is 50.1 Å². The summed E-state index contributed by atoms with van der Waals surface area (Å²) in [6.07, 6.45) is 0.821. The van der Waals surface area contributed by atoms with Crippen molar-refractivity contribution in [2.45, 2.75) is 38.2 Å². The highest BCUT2D eigenvalue weighted by atomic mass is 32.1. The van der Waals surface area contributed by atoms with Gasteiger partial charge < -0.3 is 19.3 Å². The Balaban J connectivity index is 1.24. The van der Waals surface area contributed by atoms with Gasteiger partial charge in [-0.2, -0.15) is 0 Å². The van der Waals surface area contributed by atoms with Gasteiger partial charge in [0.1, 0.15) is 34.9 Å². The summed E-state index contributed by atoms with van der Waals surface area (Å²) in [7, 11) is 0. The fourth-order valence-electron chi connectivity index (χ4n) is 4.94. The molecule has 2 aliphatic rings. The Morgan fingerprint density at radius 2 is 2.06 bits per heavy atom. The molecule has 0 spiro atoms. The maximum atomic E-state index is 14.9. The Hall–Kier alpha value is -3.65. The van der Waals surface area contributed by atoms with E-state index in [1.165, 1.54) is 6.07 Å². The quantitative estimate of drug-likeness (QED) is 0.329. The van der Waals surface area contributed by atoms with Crippen LogP contribution in [0.25, 0.3) is 10.2 Å². The molecule has 2 atom stereocenters. The van der Waals surface area contributed by atoms with E-state index < -0.39 is 12.1 Å². The van der Waals surface area contributed by atoms with Crippen LogP contribution < -0.4 is 14.2 Å². The number of halogens is 1. The summed E-state index contributed by atoms with van der Waals surface area (Å²) in [5.74, 6) is 1.11. The van der Waals surface area contributed by atoms with Gasteiger partial charge in [-0.25, -0.2) is 9.37 Å². The molecule has 35 heavy (non-hydrogen) atoms. The Morgan fingerprint density at radius 3 is 2.91 bits per heavy atom. The van der Waals surface area contributed by atoms with Crippen LogP contribution in [-0.2, 0) is 11.2 Å². The zero-order valence-electron chi connectivity index (χ0n) is 18.9. The van der Waals surface area contributed by atoms with Crippen molar-refractivity contribution in [3.8, 4) is 23.0 Å². The van der Waals surface area contributed by atoms with E-state index in [1.807, 2.05) is 31.2 Å². The molecule has 3 aromatic carbocycles. The Kier molecular flexibility index (Phi) is 5.33. The number of hydrogen-bond acceptors (Lipinski definition) is 6. The normalized spacial score (nSPS) is 18.2. The van der Waals surface area contributed by atoms with Crippen molar-refractivity contribution in [3.63, 3.8) is 0 Å². The number of hydrogen-bond donors (Lipinski definition) is 1. The molecule has 1 aliphatic carbocycles. The van der Waals surface area contributed by atoms with Crippen molar-refractivity contribution in [1.82, 2.24) is 4.98 Å². The number of fused-ring (bicyclic) bond motifs is 3. The number of aromatic nitrogens is 1. The van der Waals surface area contributed by atoms with Crippen molar-refractivity contribution >= 4 is 27.5 Å². The fourth-order valence-corrected chi connectivity index (χ4v) is 5.75. The van der Waals surface area contributed by atoms with E-state index in [4.69, 9.17) is 19.3 Å². The highest BCUT2D eigenvalue weighted by molar-refractivity contribution is 7.18. The SMILES string of the molecule is Cc1nc2cc(Oc3ccc(F)c4c3CC[C@H]4Oc3ccc4c(c3)OC[C@H]4CC(=O)O)ccc2s1. The predicted octanol–water partition coefficient (Wildman–Crippen LogP) is 6.55. The van der Waals surface area contributed by atoms with Gasteiger partial charge in [-0.3, -0.25) is 4.79 Å². The summed E-state index contributed by atoms with van der Waals surface area (Å²) in [5, 5.41) is 10.1. The van der Waals surface area contributed by atoms with Crippen LogP contribution in [-0.4, -0.2) is 22.7 Å². The largest absolute Gasteiger partial charge is 0.492 e. The molecule has 1 aromatic heterocycles. The van der Waals surface area contributed by atoms with Crippen molar-refractivity contribution in [3.05, 3.63) is 76.0 Å². The van der Waals surface area contributed by atoms with Crippen LogP contribution >= 0.6 is 11.3 Å². The zero-order chi connectivity index (χ0) is 24.1. The van der Waals surface area contributed by atoms with E-state index in [0.717, 1.165) is 26.4 Å². The summed E-state index contributed by atoms with van der Waals surface area (Å²) >= 11 is 1.63. The van der Waals surface area contributed by atoms with Crippen LogP contribution in [0.15, 0.2) is 48.5 Å². The second-order valence-corrected chi connectivity index (χ2v) is 10.1. The maximum absolute atomic E-state index is 14.9. The van der Waals surface area contributed by atoms with Gasteiger partial charge in [0.2, 0.25) is 0 Å². The Labute approximate surface area is 204 Å². The van der Waals surface area contributed by atoms with E-state index in [9.17, 15) is 9.18 Å². The lowest BCUT2D eigenvalue weighted by atomic mass is 9.98. The third-order valence-electron chi connectivity index (χ3n) is 6.50. The molecule has 0 saturated carbocycles. The summed E-state index contributed by atoms with van der Waals surface area (Å²) in [4.78, 5) is 15.6. The van der Waals surface area contributed by atoms with Crippen LogP contribution in [0, 0.1) is 12.7 Å². The minimum Gasteiger partial charge on any atom is -0.492 e. The molecule has 0 fully saturated rings. The van der Waals surface area contributed by atoms with Gasteiger partial charge in [0.05, 0.1) is 28.3 Å². The average molecular weight is 492 g/mol. The molecule has 2 heterocycles. The summed E-state index contributed by atoms with van der Waals surface area (Å²) in [5.41, 5.74) is 3.07. The van der Waals surface area contributed by atoms with Gasteiger partial charge in [-0.1, -0.05) is 6.07 Å². The van der Waals surface area contributed by atoms with Crippen LogP contribution in [0.5, 0.6) is 23.0 Å². The number of aryl methyl sites for hydroxylation is 1. The van der Waals surface area contributed by atoms with Gasteiger partial charge >= 0.3 is 5.97 Å². The molecule has 8 heteroatoms. The van der Waals surface area contributed by atoms with Crippen LogP contribution in [0.2, 0.25) is 0 Å². The lowest BCUT2D eigenvalue weighted by molar-refractivity contribution is -0.137. The second-order valence-electron chi connectivity index (χ2n) is 8.85. The van der Waals surface area contributed by atoms with Gasteiger partial charge in [0.15, 0.2) is 0 Å². The molecule has 0 saturated heterocycles. The Bertz CT molecular complexity index is 1470. The first-order valence-electron chi connectivity index (χ1n) is 11.5. The molecular formula is C27H22FNO5S. The number of rotatable bonds is 6. The van der Waals surface area contributed by atoms with E-state index in [0.29, 0.717) is 48.0 Å². The highest BCUT2D eigenvalue weighted by Crippen LogP contribution is 2.44. The summed E-state index contributed by atoms with van der Waals surface area (Å²) in [6.45, 7) is 2.30. The first-order chi connectivity index (χ1) is 16.9. The first kappa shape index (κ1) is 21.9. The topological polar surface area (TPSA) is 77.9 Å². The molecule has 6 rings (SSSR count). The number of ether oxygens (including phenoxy) is 3. The molecule has 178 valence electrons. The maximum Gasteiger partial charge on any atom is 0.304 e. The zero-order valence-corrected chi connectivity index (χ0v) is 19.7. The van der Waals surface area contributed by atoms with Crippen molar-refractivity contribution < 1.29 is 28.5 Å². The van der Waals surface area contributed by atoms with Gasteiger partial charge in [0.25, 0.3) is 0 Å². The molecular weight excluding hydrogens is 469 g/mol. The van der Waals surface area contributed by atoms with E-state index in [1.54, 1.807) is 29.5 Å². The van der Waals surface area contributed by atoms with E-state index in [-0.39, 0.29) is 18.2 Å².